The Bertz CT molecular complexity index is 595. The van der Waals surface area contributed by atoms with Crippen molar-refractivity contribution in [3.63, 3.8) is 0 Å². The molecule has 21 heavy (non-hydrogen) atoms. The summed E-state index contributed by atoms with van der Waals surface area (Å²) in [6.45, 7) is 2.92. The Balaban J connectivity index is 1.90. The molecule has 6 nitrogen and oxygen atoms in total. The second-order valence-corrected chi connectivity index (χ2v) is 5.52. The predicted molar refractivity (Wildman–Crippen MR) is 79.7 cm³/mol. The SMILES string of the molecule is Cn1ccnc1-c1nccnc1[C@H]1CCCN(CCO)C1. The molecule has 0 amide bonds. The highest BCUT2D eigenvalue weighted by Crippen LogP contribution is 2.30. The van der Waals surface area contributed by atoms with Crippen LogP contribution < -0.4 is 0 Å². The zero-order chi connectivity index (χ0) is 14.7. The first-order chi connectivity index (χ1) is 10.3. The lowest BCUT2D eigenvalue weighted by Gasteiger charge is -2.32. The number of aliphatic hydroxyl groups is 1. The molecule has 1 aliphatic rings. The van der Waals surface area contributed by atoms with E-state index in [9.17, 15) is 0 Å². The molecule has 2 aromatic rings. The van der Waals surface area contributed by atoms with Gasteiger partial charge in [0.2, 0.25) is 0 Å². The Kier molecular flexibility index (Phi) is 4.26. The second-order valence-electron chi connectivity index (χ2n) is 5.52. The molecule has 1 atom stereocenters. The Hall–Kier alpha value is -1.79. The molecule has 1 N–H and O–H groups in total. The topological polar surface area (TPSA) is 67.1 Å². The molecule has 0 saturated carbocycles. The van der Waals surface area contributed by atoms with Crippen molar-refractivity contribution in [1.82, 2.24) is 24.4 Å². The van der Waals surface area contributed by atoms with Gasteiger partial charge in [-0.1, -0.05) is 0 Å². The number of aryl methyl sites for hydroxylation is 1. The number of hydrogen-bond acceptors (Lipinski definition) is 5. The summed E-state index contributed by atoms with van der Waals surface area (Å²) in [6, 6.07) is 0. The van der Waals surface area contributed by atoms with E-state index in [0.717, 1.165) is 49.7 Å². The van der Waals surface area contributed by atoms with E-state index in [1.807, 2.05) is 17.8 Å². The molecule has 1 fully saturated rings. The standard InChI is InChI=1S/C15H21N5O/c1-19-8-6-18-15(19)14-13(16-4-5-17-14)12-3-2-7-20(11-12)9-10-21/h4-6,8,12,21H,2-3,7,9-11H2,1H3/t12-/m0/s1. The maximum Gasteiger partial charge on any atom is 0.160 e. The average molecular weight is 287 g/mol. The van der Waals surface area contributed by atoms with Crippen LogP contribution in [0, 0.1) is 0 Å². The van der Waals surface area contributed by atoms with Crippen molar-refractivity contribution < 1.29 is 5.11 Å². The number of aliphatic hydroxyl groups excluding tert-OH is 1. The van der Waals surface area contributed by atoms with Gasteiger partial charge in [0.15, 0.2) is 5.82 Å². The third kappa shape index (κ3) is 2.96. The molecule has 2 aromatic heterocycles. The van der Waals surface area contributed by atoms with Crippen molar-refractivity contribution in [3.8, 4) is 11.5 Å². The van der Waals surface area contributed by atoms with E-state index in [1.54, 1.807) is 18.6 Å². The zero-order valence-corrected chi connectivity index (χ0v) is 12.3. The molecule has 3 rings (SSSR count). The van der Waals surface area contributed by atoms with Crippen LogP contribution >= 0.6 is 0 Å². The van der Waals surface area contributed by atoms with Crippen LogP contribution in [-0.2, 0) is 7.05 Å². The number of β-amino-alcohol motifs (C(OH)–C–C–N with tert-alkyl or cyclic N) is 1. The Morgan fingerprint density at radius 3 is 2.86 bits per heavy atom. The van der Waals surface area contributed by atoms with Gasteiger partial charge in [-0.15, -0.1) is 0 Å². The van der Waals surface area contributed by atoms with E-state index in [2.05, 4.69) is 19.9 Å². The third-order valence-corrected chi connectivity index (χ3v) is 4.07. The number of imidazole rings is 1. The van der Waals surface area contributed by atoms with E-state index in [-0.39, 0.29) is 6.61 Å². The molecule has 112 valence electrons. The molecule has 0 spiro atoms. The highest BCUT2D eigenvalue weighted by Gasteiger charge is 2.26. The summed E-state index contributed by atoms with van der Waals surface area (Å²) < 4.78 is 1.97. The smallest absolute Gasteiger partial charge is 0.160 e. The van der Waals surface area contributed by atoms with Gasteiger partial charge in [-0.25, -0.2) is 9.97 Å². The van der Waals surface area contributed by atoms with E-state index in [0.29, 0.717) is 5.92 Å². The fourth-order valence-electron chi connectivity index (χ4n) is 3.04. The average Bonchev–Trinajstić information content (AvgIpc) is 2.94. The molecule has 0 unspecified atom stereocenters. The first-order valence-electron chi connectivity index (χ1n) is 7.41. The van der Waals surface area contributed by atoms with Crippen molar-refractivity contribution in [2.75, 3.05) is 26.2 Å². The van der Waals surface area contributed by atoms with Gasteiger partial charge in [0, 0.05) is 50.8 Å². The molecular weight excluding hydrogens is 266 g/mol. The van der Waals surface area contributed by atoms with Crippen molar-refractivity contribution in [2.45, 2.75) is 18.8 Å². The van der Waals surface area contributed by atoms with Crippen molar-refractivity contribution >= 4 is 0 Å². The van der Waals surface area contributed by atoms with E-state index in [4.69, 9.17) is 5.11 Å². The summed E-state index contributed by atoms with van der Waals surface area (Å²) >= 11 is 0. The molecular formula is C15H21N5O. The minimum absolute atomic E-state index is 0.208. The van der Waals surface area contributed by atoms with Crippen LogP contribution in [0.1, 0.15) is 24.5 Å². The Morgan fingerprint density at radius 2 is 2.10 bits per heavy atom. The summed E-state index contributed by atoms with van der Waals surface area (Å²) in [4.78, 5) is 15.8. The quantitative estimate of drug-likeness (QED) is 0.910. The van der Waals surface area contributed by atoms with Gasteiger partial charge in [0.25, 0.3) is 0 Å². The number of nitrogens with zero attached hydrogens (tertiary/aromatic N) is 5. The predicted octanol–water partition coefficient (Wildman–Crippen LogP) is 1.05. The van der Waals surface area contributed by atoms with Crippen LogP contribution in [0.2, 0.25) is 0 Å². The van der Waals surface area contributed by atoms with Crippen molar-refractivity contribution in [3.05, 3.63) is 30.5 Å². The number of rotatable bonds is 4. The van der Waals surface area contributed by atoms with Gasteiger partial charge >= 0.3 is 0 Å². The zero-order valence-electron chi connectivity index (χ0n) is 12.3. The Labute approximate surface area is 124 Å². The Morgan fingerprint density at radius 1 is 1.24 bits per heavy atom. The summed E-state index contributed by atoms with van der Waals surface area (Å²) in [5, 5.41) is 9.13. The van der Waals surface area contributed by atoms with Crippen LogP contribution in [0.3, 0.4) is 0 Å². The molecule has 0 radical (unpaired) electrons. The van der Waals surface area contributed by atoms with Gasteiger partial charge in [0.05, 0.1) is 12.3 Å². The summed E-state index contributed by atoms with van der Waals surface area (Å²) in [5.41, 5.74) is 1.90. The number of piperidine rings is 1. The number of likely N-dealkylation sites (tertiary alicyclic amines) is 1. The van der Waals surface area contributed by atoms with E-state index in [1.165, 1.54) is 0 Å². The largest absolute Gasteiger partial charge is 0.395 e. The summed E-state index contributed by atoms with van der Waals surface area (Å²) in [5.74, 6) is 1.21. The van der Waals surface area contributed by atoms with Crippen LogP contribution in [0.15, 0.2) is 24.8 Å². The lowest BCUT2D eigenvalue weighted by molar-refractivity contribution is 0.160. The fourth-order valence-corrected chi connectivity index (χ4v) is 3.04. The lowest BCUT2D eigenvalue weighted by Crippen LogP contribution is -2.36. The van der Waals surface area contributed by atoms with Gasteiger partial charge in [-0.3, -0.25) is 4.98 Å². The van der Waals surface area contributed by atoms with Gasteiger partial charge in [-0.05, 0) is 19.4 Å². The van der Waals surface area contributed by atoms with Crippen LogP contribution in [0.4, 0.5) is 0 Å². The summed E-state index contributed by atoms with van der Waals surface area (Å²) in [7, 11) is 1.97. The van der Waals surface area contributed by atoms with Gasteiger partial charge in [-0.2, -0.15) is 0 Å². The summed E-state index contributed by atoms with van der Waals surface area (Å²) in [6.07, 6.45) is 9.42. The minimum atomic E-state index is 0.208. The number of hydrogen-bond donors (Lipinski definition) is 1. The van der Waals surface area contributed by atoms with Crippen molar-refractivity contribution in [2.24, 2.45) is 7.05 Å². The van der Waals surface area contributed by atoms with E-state index < -0.39 is 0 Å². The molecule has 0 aromatic carbocycles. The van der Waals surface area contributed by atoms with Gasteiger partial charge < -0.3 is 14.6 Å². The molecule has 3 heterocycles. The first kappa shape index (κ1) is 14.2. The molecule has 6 heteroatoms. The fraction of sp³-hybridized carbons (Fsp3) is 0.533. The van der Waals surface area contributed by atoms with Crippen LogP contribution in [-0.4, -0.2) is 55.8 Å². The van der Waals surface area contributed by atoms with Crippen molar-refractivity contribution in [1.29, 1.82) is 0 Å². The maximum atomic E-state index is 9.13. The lowest BCUT2D eigenvalue weighted by atomic mass is 9.93. The molecule has 0 bridgehead atoms. The first-order valence-corrected chi connectivity index (χ1v) is 7.41. The minimum Gasteiger partial charge on any atom is -0.395 e. The molecule has 0 aliphatic carbocycles. The van der Waals surface area contributed by atoms with E-state index >= 15 is 0 Å². The van der Waals surface area contributed by atoms with Crippen LogP contribution in [0.25, 0.3) is 11.5 Å². The van der Waals surface area contributed by atoms with Crippen LogP contribution in [0.5, 0.6) is 0 Å². The molecule has 1 aliphatic heterocycles. The molecule has 1 saturated heterocycles. The highest BCUT2D eigenvalue weighted by atomic mass is 16.3. The van der Waals surface area contributed by atoms with Gasteiger partial charge in [0.1, 0.15) is 5.69 Å². The second kappa shape index (κ2) is 6.32. The maximum absolute atomic E-state index is 9.13. The highest BCUT2D eigenvalue weighted by molar-refractivity contribution is 5.54. The number of aromatic nitrogens is 4. The normalized spacial score (nSPS) is 19.8. The third-order valence-electron chi connectivity index (χ3n) is 4.07. The monoisotopic (exact) mass is 287 g/mol.